The first-order chi connectivity index (χ1) is 12.1. The van der Waals surface area contributed by atoms with Crippen LogP contribution >= 0.6 is 11.8 Å². The molecule has 0 fully saturated rings. The molecule has 0 aliphatic heterocycles. The molecule has 25 heavy (non-hydrogen) atoms. The van der Waals surface area contributed by atoms with Gasteiger partial charge in [-0.2, -0.15) is 4.98 Å². The molecule has 1 aromatic heterocycles. The molecule has 3 aromatic rings. The van der Waals surface area contributed by atoms with Crippen molar-refractivity contribution in [2.75, 3.05) is 0 Å². The van der Waals surface area contributed by atoms with E-state index in [-0.39, 0.29) is 11.6 Å². The normalized spacial score (nSPS) is 10.7. The summed E-state index contributed by atoms with van der Waals surface area (Å²) in [5.41, 5.74) is 1.84. The van der Waals surface area contributed by atoms with Gasteiger partial charge in [-0.1, -0.05) is 30.8 Å². The van der Waals surface area contributed by atoms with E-state index < -0.39 is 0 Å². The first-order valence-electron chi connectivity index (χ1n) is 7.81. The molecule has 0 radical (unpaired) electrons. The number of hydrogen-bond donors (Lipinski definition) is 0. The Morgan fingerprint density at radius 3 is 2.20 bits per heavy atom. The van der Waals surface area contributed by atoms with Crippen molar-refractivity contribution in [3.8, 4) is 11.6 Å². The second-order valence-electron chi connectivity index (χ2n) is 5.30. The summed E-state index contributed by atoms with van der Waals surface area (Å²) in [6.45, 7) is 2.00. The van der Waals surface area contributed by atoms with Gasteiger partial charge >= 0.3 is 0 Å². The van der Waals surface area contributed by atoms with Crippen molar-refractivity contribution >= 4 is 11.8 Å². The number of hydrogen-bond acceptors (Lipinski definition) is 4. The van der Waals surface area contributed by atoms with E-state index >= 15 is 0 Å². The van der Waals surface area contributed by atoms with Crippen molar-refractivity contribution in [2.24, 2.45) is 0 Å². The van der Waals surface area contributed by atoms with Gasteiger partial charge in [0, 0.05) is 17.5 Å². The zero-order valence-corrected chi connectivity index (χ0v) is 14.4. The molecule has 0 aliphatic carbocycles. The lowest BCUT2D eigenvalue weighted by molar-refractivity contribution is 0.452. The highest BCUT2D eigenvalue weighted by molar-refractivity contribution is 7.98. The van der Waals surface area contributed by atoms with Crippen LogP contribution in [0.3, 0.4) is 0 Å². The van der Waals surface area contributed by atoms with E-state index in [0.29, 0.717) is 22.5 Å². The molecule has 0 N–H and O–H groups in total. The molecule has 128 valence electrons. The van der Waals surface area contributed by atoms with Crippen LogP contribution in [0.1, 0.15) is 18.2 Å². The predicted molar refractivity (Wildman–Crippen MR) is 93.8 cm³/mol. The van der Waals surface area contributed by atoms with E-state index in [1.807, 2.05) is 6.92 Å². The predicted octanol–water partition coefficient (Wildman–Crippen LogP) is 5.40. The lowest BCUT2D eigenvalue weighted by atomic mass is 10.2. The fourth-order valence-electron chi connectivity index (χ4n) is 2.10. The molecule has 0 amide bonds. The fourth-order valence-corrected chi connectivity index (χ4v) is 2.92. The van der Waals surface area contributed by atoms with Gasteiger partial charge in [-0.05, 0) is 48.4 Å². The van der Waals surface area contributed by atoms with Gasteiger partial charge in [0.15, 0.2) is 5.16 Å². The van der Waals surface area contributed by atoms with Gasteiger partial charge in [0.05, 0.1) is 0 Å². The first-order valence-corrected chi connectivity index (χ1v) is 8.79. The standard InChI is InChI=1S/C19H16F2N2OS/c1-2-16-11-18(24-17-9-7-15(21)8-10-17)23-19(22-16)25-12-13-3-5-14(20)6-4-13/h3-11H,2,12H2,1H3. The zero-order chi connectivity index (χ0) is 17.6. The third-order valence-corrected chi connectivity index (χ3v) is 4.33. The third-order valence-electron chi connectivity index (χ3n) is 3.41. The van der Waals surface area contributed by atoms with Crippen LogP contribution in [-0.4, -0.2) is 9.97 Å². The van der Waals surface area contributed by atoms with Gasteiger partial charge in [-0.3, -0.25) is 0 Å². The highest BCUT2D eigenvalue weighted by Crippen LogP contribution is 2.25. The summed E-state index contributed by atoms with van der Waals surface area (Å²) in [6, 6.07) is 13.9. The molecular formula is C19H16F2N2OS. The van der Waals surface area contributed by atoms with E-state index in [1.54, 1.807) is 30.3 Å². The van der Waals surface area contributed by atoms with Gasteiger partial charge < -0.3 is 4.74 Å². The van der Waals surface area contributed by atoms with E-state index in [2.05, 4.69) is 9.97 Å². The summed E-state index contributed by atoms with van der Waals surface area (Å²) < 4.78 is 31.7. The van der Waals surface area contributed by atoms with Gasteiger partial charge in [0.1, 0.15) is 17.4 Å². The van der Waals surface area contributed by atoms with E-state index in [1.165, 1.54) is 36.0 Å². The Kier molecular flexibility index (Phi) is 5.60. The highest BCUT2D eigenvalue weighted by Gasteiger charge is 2.08. The lowest BCUT2D eigenvalue weighted by Gasteiger charge is -2.08. The third kappa shape index (κ3) is 5.00. The second kappa shape index (κ2) is 8.07. The number of benzene rings is 2. The summed E-state index contributed by atoms with van der Waals surface area (Å²) in [5, 5.41) is 0.584. The molecule has 0 bridgehead atoms. The molecule has 0 unspecified atom stereocenters. The minimum atomic E-state index is -0.320. The van der Waals surface area contributed by atoms with Crippen molar-refractivity contribution in [1.29, 1.82) is 0 Å². The van der Waals surface area contributed by atoms with Gasteiger partial charge in [0.2, 0.25) is 5.88 Å². The molecule has 1 heterocycles. The summed E-state index contributed by atoms with van der Waals surface area (Å²) in [7, 11) is 0. The number of nitrogens with zero attached hydrogens (tertiary/aromatic N) is 2. The van der Waals surface area contributed by atoms with Gasteiger partial charge in [-0.25, -0.2) is 13.8 Å². The first kappa shape index (κ1) is 17.4. The second-order valence-corrected chi connectivity index (χ2v) is 6.25. The van der Waals surface area contributed by atoms with Crippen LogP contribution < -0.4 is 4.74 Å². The van der Waals surface area contributed by atoms with Crippen LogP contribution in [0.2, 0.25) is 0 Å². The Morgan fingerprint density at radius 1 is 0.920 bits per heavy atom. The molecule has 6 heteroatoms. The topological polar surface area (TPSA) is 35.0 Å². The lowest BCUT2D eigenvalue weighted by Crippen LogP contribution is -1.97. The smallest absolute Gasteiger partial charge is 0.223 e. The fraction of sp³-hybridized carbons (Fsp3) is 0.158. The molecule has 0 saturated heterocycles. The van der Waals surface area contributed by atoms with Gasteiger partial charge in [-0.15, -0.1) is 0 Å². The summed E-state index contributed by atoms with van der Waals surface area (Å²) in [4.78, 5) is 8.87. The van der Waals surface area contributed by atoms with Crippen LogP contribution in [0, 0.1) is 11.6 Å². The monoisotopic (exact) mass is 358 g/mol. The molecular weight excluding hydrogens is 342 g/mol. The van der Waals surface area contributed by atoms with Crippen molar-refractivity contribution in [2.45, 2.75) is 24.3 Å². The summed E-state index contributed by atoms with van der Waals surface area (Å²) >= 11 is 1.45. The van der Waals surface area contributed by atoms with E-state index in [4.69, 9.17) is 4.74 Å². The summed E-state index contributed by atoms with van der Waals surface area (Å²) in [5.74, 6) is 0.980. The zero-order valence-electron chi connectivity index (χ0n) is 13.6. The minimum Gasteiger partial charge on any atom is -0.439 e. The van der Waals surface area contributed by atoms with Crippen LogP contribution in [0.5, 0.6) is 11.6 Å². The maximum atomic E-state index is 13.0. The Bertz CT molecular complexity index is 839. The van der Waals surface area contributed by atoms with Crippen molar-refractivity contribution in [1.82, 2.24) is 9.97 Å². The number of rotatable bonds is 6. The van der Waals surface area contributed by atoms with Crippen molar-refractivity contribution < 1.29 is 13.5 Å². The minimum absolute atomic E-state index is 0.257. The largest absolute Gasteiger partial charge is 0.439 e. The maximum absolute atomic E-state index is 13.0. The highest BCUT2D eigenvalue weighted by atomic mass is 32.2. The van der Waals surface area contributed by atoms with Crippen LogP contribution in [0.25, 0.3) is 0 Å². The van der Waals surface area contributed by atoms with Crippen LogP contribution in [0.4, 0.5) is 8.78 Å². The number of aromatic nitrogens is 2. The van der Waals surface area contributed by atoms with Crippen LogP contribution in [0.15, 0.2) is 59.8 Å². The number of aryl methyl sites for hydroxylation is 1. The number of halogens is 2. The summed E-state index contributed by atoms with van der Waals surface area (Å²) in [6.07, 6.45) is 0.742. The van der Waals surface area contributed by atoms with E-state index in [0.717, 1.165) is 17.7 Å². The Balaban J connectivity index is 1.74. The Morgan fingerprint density at radius 2 is 1.56 bits per heavy atom. The molecule has 2 aromatic carbocycles. The molecule has 3 rings (SSSR count). The van der Waals surface area contributed by atoms with E-state index in [9.17, 15) is 8.78 Å². The Hall–Kier alpha value is -2.47. The quantitative estimate of drug-likeness (QED) is 0.436. The molecule has 0 spiro atoms. The van der Waals surface area contributed by atoms with Crippen molar-refractivity contribution in [3.63, 3.8) is 0 Å². The number of ether oxygens (including phenoxy) is 1. The average molecular weight is 358 g/mol. The number of thioether (sulfide) groups is 1. The molecule has 0 aliphatic rings. The SMILES string of the molecule is CCc1cc(Oc2ccc(F)cc2)nc(SCc2ccc(F)cc2)n1. The van der Waals surface area contributed by atoms with Crippen molar-refractivity contribution in [3.05, 3.63) is 77.5 Å². The molecule has 0 atom stereocenters. The van der Waals surface area contributed by atoms with Gasteiger partial charge in [0.25, 0.3) is 0 Å². The Labute approximate surface area is 149 Å². The van der Waals surface area contributed by atoms with Crippen LogP contribution in [-0.2, 0) is 12.2 Å². The molecule has 0 saturated carbocycles. The maximum Gasteiger partial charge on any atom is 0.223 e. The average Bonchev–Trinajstić information content (AvgIpc) is 2.63. The molecule has 3 nitrogen and oxygen atoms in total.